The summed E-state index contributed by atoms with van der Waals surface area (Å²) in [6.45, 7) is 3.62. The number of thioether (sulfide) groups is 1. The topological polar surface area (TPSA) is 26.3 Å². The second-order valence-electron chi connectivity index (χ2n) is 2.75. The Morgan fingerprint density at radius 2 is 2.45 bits per heavy atom. The van der Waals surface area contributed by atoms with Gasteiger partial charge in [-0.2, -0.15) is 11.8 Å². The molecule has 0 radical (unpaired) electrons. The van der Waals surface area contributed by atoms with E-state index in [0.717, 1.165) is 18.6 Å². The molecule has 2 nitrogen and oxygen atoms in total. The first kappa shape index (κ1) is 8.91. The van der Waals surface area contributed by atoms with Gasteiger partial charge < -0.3 is 4.74 Å². The first-order chi connectivity index (χ1) is 5.24. The number of carbonyl (C=O) groups excluding carboxylic acids is 1. The monoisotopic (exact) mass is 174 g/mol. The zero-order valence-electron chi connectivity index (χ0n) is 7.00. The highest BCUT2D eigenvalue weighted by Crippen LogP contribution is 2.31. The molecule has 2 atom stereocenters. The van der Waals surface area contributed by atoms with E-state index < -0.39 is 0 Å². The fourth-order valence-corrected chi connectivity index (χ4v) is 2.67. The molecule has 1 aliphatic heterocycles. The Balaban J connectivity index is 2.37. The molecule has 0 aliphatic carbocycles. The van der Waals surface area contributed by atoms with Gasteiger partial charge in [-0.15, -0.1) is 0 Å². The Kier molecular flexibility index (Phi) is 3.24. The summed E-state index contributed by atoms with van der Waals surface area (Å²) in [5.74, 6) is 0.993. The van der Waals surface area contributed by atoms with Crippen LogP contribution in [-0.2, 0) is 9.53 Å². The van der Waals surface area contributed by atoms with Crippen LogP contribution in [0, 0.1) is 0 Å². The normalized spacial score (nSPS) is 30.4. The van der Waals surface area contributed by atoms with Gasteiger partial charge >= 0.3 is 5.97 Å². The van der Waals surface area contributed by atoms with Crippen molar-refractivity contribution in [1.82, 2.24) is 0 Å². The second-order valence-corrected chi connectivity index (χ2v) is 4.10. The van der Waals surface area contributed by atoms with Crippen molar-refractivity contribution in [2.24, 2.45) is 0 Å². The van der Waals surface area contributed by atoms with Crippen LogP contribution in [0.2, 0.25) is 0 Å². The third-order valence-corrected chi connectivity index (χ3v) is 3.41. The van der Waals surface area contributed by atoms with Crippen LogP contribution in [0.1, 0.15) is 26.7 Å². The summed E-state index contributed by atoms with van der Waals surface area (Å²) in [5.41, 5.74) is 0. The highest BCUT2D eigenvalue weighted by molar-refractivity contribution is 8.00. The van der Waals surface area contributed by atoms with Gasteiger partial charge in [0.15, 0.2) is 0 Å². The largest absolute Gasteiger partial charge is 0.461 e. The van der Waals surface area contributed by atoms with Crippen molar-refractivity contribution in [1.29, 1.82) is 0 Å². The SMILES string of the molecule is CCC1SCCC1OC(C)=O. The van der Waals surface area contributed by atoms with Gasteiger partial charge in [-0.25, -0.2) is 0 Å². The Hall–Kier alpha value is -0.180. The summed E-state index contributed by atoms with van der Waals surface area (Å²) in [7, 11) is 0. The Bertz CT molecular complexity index is 147. The van der Waals surface area contributed by atoms with Crippen LogP contribution in [0.5, 0.6) is 0 Å². The average Bonchev–Trinajstić information content (AvgIpc) is 2.34. The second kappa shape index (κ2) is 4.00. The van der Waals surface area contributed by atoms with Crippen molar-refractivity contribution >= 4 is 17.7 Å². The molecule has 0 N–H and O–H groups in total. The van der Waals surface area contributed by atoms with Crippen molar-refractivity contribution in [2.75, 3.05) is 5.75 Å². The van der Waals surface area contributed by atoms with Gasteiger partial charge in [0.2, 0.25) is 0 Å². The molecule has 1 heterocycles. The zero-order chi connectivity index (χ0) is 8.27. The maximum absolute atomic E-state index is 10.6. The molecule has 0 spiro atoms. The van der Waals surface area contributed by atoms with E-state index in [1.54, 1.807) is 0 Å². The van der Waals surface area contributed by atoms with Crippen LogP contribution in [0.3, 0.4) is 0 Å². The molecule has 3 heteroatoms. The molecule has 64 valence electrons. The number of hydrogen-bond donors (Lipinski definition) is 0. The van der Waals surface area contributed by atoms with Crippen LogP contribution in [0.15, 0.2) is 0 Å². The Labute approximate surface area is 71.7 Å². The minimum absolute atomic E-state index is 0.143. The maximum atomic E-state index is 10.6. The molecule has 0 bridgehead atoms. The molecule has 0 aromatic rings. The molecule has 0 aromatic heterocycles. The number of rotatable bonds is 2. The van der Waals surface area contributed by atoms with E-state index in [0.29, 0.717) is 5.25 Å². The van der Waals surface area contributed by atoms with Crippen molar-refractivity contribution in [2.45, 2.75) is 38.0 Å². The molecule has 0 amide bonds. The highest BCUT2D eigenvalue weighted by atomic mass is 32.2. The third kappa shape index (κ3) is 2.40. The average molecular weight is 174 g/mol. The van der Waals surface area contributed by atoms with Crippen LogP contribution in [0.4, 0.5) is 0 Å². The third-order valence-electron chi connectivity index (χ3n) is 1.87. The van der Waals surface area contributed by atoms with E-state index >= 15 is 0 Å². The van der Waals surface area contributed by atoms with E-state index in [9.17, 15) is 4.79 Å². The van der Waals surface area contributed by atoms with Crippen LogP contribution < -0.4 is 0 Å². The first-order valence-electron chi connectivity index (χ1n) is 4.03. The molecular weight excluding hydrogens is 160 g/mol. The Morgan fingerprint density at radius 3 is 3.00 bits per heavy atom. The van der Waals surface area contributed by atoms with Crippen molar-refractivity contribution in [3.05, 3.63) is 0 Å². The highest BCUT2D eigenvalue weighted by Gasteiger charge is 2.28. The van der Waals surface area contributed by atoms with E-state index in [1.807, 2.05) is 11.8 Å². The minimum atomic E-state index is -0.143. The van der Waals surface area contributed by atoms with Gasteiger partial charge in [0.25, 0.3) is 0 Å². The number of ether oxygens (including phenoxy) is 1. The summed E-state index contributed by atoms with van der Waals surface area (Å²) < 4.78 is 5.15. The molecule has 0 aromatic carbocycles. The van der Waals surface area contributed by atoms with Gasteiger partial charge in [0, 0.05) is 12.2 Å². The van der Waals surface area contributed by atoms with E-state index in [-0.39, 0.29) is 12.1 Å². The zero-order valence-corrected chi connectivity index (χ0v) is 7.82. The van der Waals surface area contributed by atoms with Crippen molar-refractivity contribution < 1.29 is 9.53 Å². The molecule has 1 aliphatic rings. The van der Waals surface area contributed by atoms with Gasteiger partial charge in [0.05, 0.1) is 0 Å². The summed E-state index contributed by atoms with van der Waals surface area (Å²) in [4.78, 5) is 10.6. The molecule has 0 saturated carbocycles. The predicted molar refractivity (Wildman–Crippen MR) is 46.7 cm³/mol. The van der Waals surface area contributed by atoms with E-state index in [2.05, 4.69) is 6.92 Å². The van der Waals surface area contributed by atoms with Crippen LogP contribution in [-0.4, -0.2) is 23.1 Å². The van der Waals surface area contributed by atoms with Gasteiger partial charge in [-0.05, 0) is 18.6 Å². The lowest BCUT2D eigenvalue weighted by Gasteiger charge is -2.16. The van der Waals surface area contributed by atoms with Gasteiger partial charge in [0.1, 0.15) is 6.10 Å². The lowest BCUT2D eigenvalue weighted by Crippen LogP contribution is -2.23. The summed E-state index contributed by atoms with van der Waals surface area (Å²) in [6, 6.07) is 0. The van der Waals surface area contributed by atoms with Gasteiger partial charge in [-0.3, -0.25) is 4.79 Å². The molecule has 1 fully saturated rings. The van der Waals surface area contributed by atoms with Gasteiger partial charge in [-0.1, -0.05) is 6.92 Å². The quantitative estimate of drug-likeness (QED) is 0.597. The predicted octanol–water partition coefficient (Wildman–Crippen LogP) is 1.83. The number of esters is 1. The molecule has 11 heavy (non-hydrogen) atoms. The van der Waals surface area contributed by atoms with Crippen LogP contribution >= 0.6 is 11.8 Å². The van der Waals surface area contributed by atoms with Crippen molar-refractivity contribution in [3.8, 4) is 0 Å². The maximum Gasteiger partial charge on any atom is 0.302 e. The summed E-state index contributed by atoms with van der Waals surface area (Å²) in [6.07, 6.45) is 2.31. The lowest BCUT2D eigenvalue weighted by atomic mass is 10.1. The van der Waals surface area contributed by atoms with Crippen LogP contribution in [0.25, 0.3) is 0 Å². The first-order valence-corrected chi connectivity index (χ1v) is 5.07. The fourth-order valence-electron chi connectivity index (χ4n) is 1.36. The minimum Gasteiger partial charge on any atom is -0.461 e. The molecule has 1 rings (SSSR count). The standard InChI is InChI=1S/C8H14O2S/c1-3-8-7(4-5-11-8)10-6(2)9/h7-8H,3-5H2,1-2H3. The smallest absolute Gasteiger partial charge is 0.302 e. The number of hydrogen-bond acceptors (Lipinski definition) is 3. The lowest BCUT2D eigenvalue weighted by molar-refractivity contribution is -0.146. The number of carbonyl (C=O) groups is 1. The molecule has 2 unspecified atom stereocenters. The molecular formula is C8H14O2S. The summed E-state index contributed by atoms with van der Waals surface area (Å²) in [5, 5.41) is 0.541. The Morgan fingerprint density at radius 1 is 1.73 bits per heavy atom. The van der Waals surface area contributed by atoms with Crippen molar-refractivity contribution in [3.63, 3.8) is 0 Å². The molecule has 1 saturated heterocycles. The van der Waals surface area contributed by atoms with E-state index in [1.165, 1.54) is 6.92 Å². The fraction of sp³-hybridized carbons (Fsp3) is 0.875. The van der Waals surface area contributed by atoms with E-state index in [4.69, 9.17) is 4.74 Å². The summed E-state index contributed by atoms with van der Waals surface area (Å²) >= 11 is 1.92.